The summed E-state index contributed by atoms with van der Waals surface area (Å²) in [6.07, 6.45) is -2.69. The normalized spacial score (nSPS) is 15.8. The van der Waals surface area contributed by atoms with Crippen LogP contribution in [0.3, 0.4) is 0 Å². The maximum Gasteiger partial charge on any atom is 0.416 e. The first kappa shape index (κ1) is 29.0. The second-order valence-electron chi connectivity index (χ2n) is 10.1. The number of para-hydroxylation sites is 2. The molecule has 1 aromatic heterocycles. The molecule has 1 unspecified atom stereocenters. The van der Waals surface area contributed by atoms with Crippen LogP contribution in [0.4, 0.5) is 13.2 Å². The van der Waals surface area contributed by atoms with Crippen molar-refractivity contribution in [3.63, 3.8) is 0 Å². The van der Waals surface area contributed by atoms with Gasteiger partial charge in [-0.25, -0.2) is 8.42 Å². The van der Waals surface area contributed by atoms with Crippen molar-refractivity contribution < 1.29 is 35.9 Å². The standard InChI is InChI=1S/C32H24F3NO5S2/c33-32(34,35)23-6-3-5-20(17-23)18-36(19-29(37)38)43(39,40)30-16-15-28(42-30)22-13-11-21(12-14-22)24-8-4-9-26-25-7-1-2-10-27(25)41-31(24)26/h1-14,16-17,28H,15,18-19H2,(H,37,38). The van der Waals surface area contributed by atoms with E-state index in [0.717, 1.165) is 62.5 Å². The summed E-state index contributed by atoms with van der Waals surface area (Å²) in [6, 6.07) is 25.8. The van der Waals surface area contributed by atoms with Gasteiger partial charge in [-0.3, -0.25) is 4.79 Å². The molecule has 6 nitrogen and oxygen atoms in total. The van der Waals surface area contributed by atoms with Gasteiger partial charge in [0.1, 0.15) is 21.9 Å². The highest BCUT2D eigenvalue weighted by atomic mass is 32.3. The third kappa shape index (κ3) is 5.80. The van der Waals surface area contributed by atoms with Gasteiger partial charge in [0.25, 0.3) is 0 Å². The molecule has 1 aliphatic heterocycles. The van der Waals surface area contributed by atoms with E-state index in [1.54, 1.807) is 0 Å². The topological polar surface area (TPSA) is 87.8 Å². The van der Waals surface area contributed by atoms with Crippen LogP contribution in [0.1, 0.15) is 28.4 Å². The summed E-state index contributed by atoms with van der Waals surface area (Å²) in [5, 5.41) is 11.2. The molecule has 1 atom stereocenters. The van der Waals surface area contributed by atoms with Crippen molar-refractivity contribution in [2.24, 2.45) is 0 Å². The van der Waals surface area contributed by atoms with E-state index >= 15 is 0 Å². The van der Waals surface area contributed by atoms with Gasteiger partial charge in [-0.1, -0.05) is 84.9 Å². The summed E-state index contributed by atoms with van der Waals surface area (Å²) in [4.78, 5) is 11.5. The van der Waals surface area contributed by atoms with E-state index in [1.807, 2.05) is 66.7 Å². The molecule has 220 valence electrons. The molecule has 0 fully saturated rings. The van der Waals surface area contributed by atoms with Crippen molar-refractivity contribution in [2.45, 2.75) is 24.4 Å². The van der Waals surface area contributed by atoms with E-state index in [2.05, 4.69) is 0 Å². The van der Waals surface area contributed by atoms with E-state index in [4.69, 9.17) is 4.42 Å². The molecule has 0 aliphatic carbocycles. The Bertz CT molecular complexity index is 1980. The Morgan fingerprint density at radius 2 is 1.67 bits per heavy atom. The fourth-order valence-corrected chi connectivity index (χ4v) is 8.49. The van der Waals surface area contributed by atoms with Gasteiger partial charge < -0.3 is 9.52 Å². The molecule has 2 heterocycles. The van der Waals surface area contributed by atoms with E-state index in [0.29, 0.717) is 10.7 Å². The second kappa shape index (κ2) is 11.2. The van der Waals surface area contributed by atoms with Gasteiger partial charge in [-0.05, 0) is 35.2 Å². The van der Waals surface area contributed by atoms with Crippen molar-refractivity contribution in [2.75, 3.05) is 6.54 Å². The lowest BCUT2D eigenvalue weighted by molar-refractivity contribution is -0.138. The van der Waals surface area contributed by atoms with Gasteiger partial charge >= 0.3 is 12.1 Å². The second-order valence-corrected chi connectivity index (χ2v) is 13.5. The highest BCUT2D eigenvalue weighted by Gasteiger charge is 2.35. The van der Waals surface area contributed by atoms with Crippen molar-refractivity contribution in [1.82, 2.24) is 4.31 Å². The van der Waals surface area contributed by atoms with Crippen LogP contribution in [-0.4, -0.2) is 30.3 Å². The van der Waals surface area contributed by atoms with Crippen LogP contribution in [-0.2, 0) is 27.5 Å². The molecule has 4 aromatic carbocycles. The van der Waals surface area contributed by atoms with Gasteiger partial charge in [-0.2, -0.15) is 17.5 Å². The fraction of sp³-hybridized carbons (Fsp3) is 0.156. The number of carboxylic acid groups (broad SMARTS) is 1. The number of rotatable bonds is 8. The van der Waals surface area contributed by atoms with Gasteiger partial charge in [0.05, 0.1) is 5.56 Å². The van der Waals surface area contributed by atoms with E-state index in [-0.39, 0.29) is 15.1 Å². The minimum Gasteiger partial charge on any atom is -0.480 e. The van der Waals surface area contributed by atoms with Crippen LogP contribution in [0.25, 0.3) is 33.1 Å². The summed E-state index contributed by atoms with van der Waals surface area (Å²) in [7, 11) is -4.29. The Kier molecular flexibility index (Phi) is 7.57. The Hall–Kier alpha value is -4.06. The maximum atomic E-state index is 13.5. The summed E-state index contributed by atoms with van der Waals surface area (Å²) >= 11 is 1.09. The molecule has 0 bridgehead atoms. The zero-order valence-corrected chi connectivity index (χ0v) is 24.0. The lowest BCUT2D eigenvalue weighted by Crippen LogP contribution is -2.35. The number of hydrogen-bond donors (Lipinski definition) is 1. The minimum atomic E-state index is -4.61. The van der Waals surface area contributed by atoms with Crippen LogP contribution in [0.2, 0.25) is 0 Å². The molecule has 0 saturated carbocycles. The van der Waals surface area contributed by atoms with Crippen LogP contribution < -0.4 is 0 Å². The highest BCUT2D eigenvalue weighted by Crippen LogP contribution is 2.47. The van der Waals surface area contributed by atoms with Crippen LogP contribution in [0, 0.1) is 0 Å². The van der Waals surface area contributed by atoms with Gasteiger partial charge in [-0.15, -0.1) is 11.8 Å². The fourth-order valence-electron chi connectivity index (χ4n) is 5.22. The molecule has 6 rings (SSSR count). The molecule has 1 aliphatic rings. The molecule has 43 heavy (non-hydrogen) atoms. The largest absolute Gasteiger partial charge is 0.480 e. The van der Waals surface area contributed by atoms with E-state index < -0.39 is 40.8 Å². The number of furan rings is 1. The predicted molar refractivity (Wildman–Crippen MR) is 161 cm³/mol. The number of halogens is 3. The number of allylic oxidation sites excluding steroid dienone is 1. The average molecular weight is 624 g/mol. The number of aliphatic carboxylic acids is 1. The Morgan fingerprint density at radius 3 is 2.42 bits per heavy atom. The Morgan fingerprint density at radius 1 is 0.953 bits per heavy atom. The molecule has 0 saturated heterocycles. The van der Waals surface area contributed by atoms with Crippen molar-refractivity contribution in [1.29, 1.82) is 0 Å². The Labute approximate surface area is 249 Å². The Balaban J connectivity index is 1.21. The summed E-state index contributed by atoms with van der Waals surface area (Å²) in [6.45, 7) is -1.40. The number of nitrogens with zero attached hydrogens (tertiary/aromatic N) is 1. The van der Waals surface area contributed by atoms with Crippen molar-refractivity contribution in [3.8, 4) is 11.1 Å². The van der Waals surface area contributed by atoms with Gasteiger partial charge in [0.2, 0.25) is 10.0 Å². The smallest absolute Gasteiger partial charge is 0.416 e. The lowest BCUT2D eigenvalue weighted by Gasteiger charge is -2.22. The molecule has 5 aromatic rings. The van der Waals surface area contributed by atoms with E-state index in [1.165, 1.54) is 18.2 Å². The molecule has 0 amide bonds. The predicted octanol–water partition coefficient (Wildman–Crippen LogP) is 8.21. The number of carboxylic acids is 1. The molecule has 1 N–H and O–H groups in total. The van der Waals surface area contributed by atoms with Gasteiger partial charge in [0, 0.05) is 28.1 Å². The quantitative estimate of drug-likeness (QED) is 0.188. The number of alkyl halides is 3. The minimum absolute atomic E-state index is 0.0261. The number of carbonyl (C=O) groups is 1. The van der Waals surface area contributed by atoms with Crippen LogP contribution >= 0.6 is 11.8 Å². The zero-order chi connectivity index (χ0) is 30.4. The summed E-state index contributed by atoms with van der Waals surface area (Å²) in [5.74, 6) is -1.41. The molecule has 0 spiro atoms. The van der Waals surface area contributed by atoms with E-state index in [9.17, 15) is 31.5 Å². The third-order valence-electron chi connectivity index (χ3n) is 7.27. The molecular formula is C32H24F3NO5S2. The summed E-state index contributed by atoms with van der Waals surface area (Å²) < 4.78 is 73.4. The third-order valence-corrected chi connectivity index (χ3v) is 11.0. The summed E-state index contributed by atoms with van der Waals surface area (Å²) in [5.41, 5.74) is 3.43. The molecule has 11 heteroatoms. The van der Waals surface area contributed by atoms with Crippen LogP contribution in [0.15, 0.2) is 106 Å². The number of sulfonamides is 1. The first-order valence-corrected chi connectivity index (χ1v) is 15.6. The van der Waals surface area contributed by atoms with Crippen molar-refractivity contribution in [3.05, 3.63) is 118 Å². The SMILES string of the molecule is O=C(O)CN(Cc1cccc(C(F)(F)F)c1)S(=O)(=O)C1=CCC(c2ccc(-c3cccc4c3oc3ccccc34)cc2)S1. The number of thioether (sulfide) groups is 1. The van der Waals surface area contributed by atoms with Gasteiger partial charge in [0.15, 0.2) is 0 Å². The molecular weight excluding hydrogens is 599 g/mol. The number of hydrogen-bond acceptors (Lipinski definition) is 5. The van der Waals surface area contributed by atoms with Crippen molar-refractivity contribution >= 4 is 49.7 Å². The number of fused-ring (bicyclic) bond motifs is 3. The zero-order valence-electron chi connectivity index (χ0n) is 22.4. The first-order chi connectivity index (χ1) is 20.5. The number of benzene rings is 4. The lowest BCUT2D eigenvalue weighted by atomic mass is 10.00. The van der Waals surface area contributed by atoms with Crippen LogP contribution in [0.5, 0.6) is 0 Å². The monoisotopic (exact) mass is 623 g/mol. The molecule has 0 radical (unpaired) electrons. The average Bonchev–Trinajstić information content (AvgIpc) is 3.63. The maximum absolute atomic E-state index is 13.5. The first-order valence-electron chi connectivity index (χ1n) is 13.3. The highest BCUT2D eigenvalue weighted by molar-refractivity contribution is 8.18.